The zero-order valence-corrected chi connectivity index (χ0v) is 10.2. The van der Waals surface area contributed by atoms with Crippen molar-refractivity contribution >= 4 is 7.82 Å². The topological polar surface area (TPSA) is 58.6 Å². The number of hydrogen-bond donors (Lipinski definition) is 0. The predicted molar refractivity (Wildman–Crippen MR) is 35.2 cm³/mol. The Morgan fingerprint density at radius 1 is 1.55 bits per heavy atom. The molecule has 0 spiro atoms. The molecule has 0 N–H and O–H groups in total. The number of hydrogen-bond acceptors (Lipinski definition) is 4. The number of rotatable bonds is 5. The van der Waals surface area contributed by atoms with Crippen LogP contribution in [0.25, 0.3) is 0 Å². The summed E-state index contributed by atoms with van der Waals surface area (Å²) in [7, 11) is -4.02. The molecule has 0 amide bonds. The van der Waals surface area contributed by atoms with E-state index >= 15 is 0 Å². The Morgan fingerprint density at radius 3 is 2.45 bits per heavy atom. The fourth-order valence-electron chi connectivity index (χ4n) is 0.352. The molecule has 0 saturated heterocycles. The summed E-state index contributed by atoms with van der Waals surface area (Å²) in [5, 5.41) is 0. The van der Waals surface area contributed by atoms with E-state index in [1.165, 1.54) is 0 Å². The van der Waals surface area contributed by atoms with Gasteiger partial charge < -0.3 is 20.9 Å². The van der Waals surface area contributed by atoms with Crippen molar-refractivity contribution in [2.45, 2.75) is 13.3 Å². The number of phosphoric acid groups is 1. The Morgan fingerprint density at radius 2 is 2.09 bits per heavy atom. The van der Waals surface area contributed by atoms with Crippen molar-refractivity contribution in [2.75, 3.05) is 13.2 Å². The normalized spacial score (nSPS) is 15.2. The molecule has 0 aliphatic heterocycles. The molecular weight excluding hydrogens is 244 g/mol. The third kappa shape index (κ3) is 9.13. The maximum Gasteiger partial charge on any atom is 0.265 e. The molecular formula is C5H11O4PY-2. The van der Waals surface area contributed by atoms with E-state index in [4.69, 9.17) is 0 Å². The van der Waals surface area contributed by atoms with E-state index in [1.807, 2.05) is 6.92 Å². The van der Waals surface area contributed by atoms with Crippen molar-refractivity contribution in [3.63, 3.8) is 0 Å². The molecule has 0 aliphatic rings. The van der Waals surface area contributed by atoms with Gasteiger partial charge in [0.05, 0.1) is 6.61 Å². The molecule has 0 aromatic heterocycles. The van der Waals surface area contributed by atoms with Gasteiger partial charge in [-0.05, 0) is 6.42 Å². The SMILES string of the molecule is [CH2-]COP(=O)([O-])OCCC.[Y]. The third-order valence-electron chi connectivity index (χ3n) is 0.703. The first-order valence-electron chi connectivity index (χ1n) is 3.01. The van der Waals surface area contributed by atoms with Gasteiger partial charge in [0.25, 0.3) is 7.82 Å². The molecule has 0 aromatic rings. The summed E-state index contributed by atoms with van der Waals surface area (Å²) in [5.74, 6) is 0. The Kier molecular flexibility index (Phi) is 10.5. The Labute approximate surface area is 92.2 Å². The summed E-state index contributed by atoms with van der Waals surface area (Å²) in [6.07, 6.45) is 0.646. The van der Waals surface area contributed by atoms with Gasteiger partial charge >= 0.3 is 0 Å². The minimum Gasteiger partial charge on any atom is -0.756 e. The Bertz CT molecular complexity index is 130. The fourth-order valence-corrected chi connectivity index (χ4v) is 1.06. The first-order valence-corrected chi connectivity index (χ1v) is 4.48. The van der Waals surface area contributed by atoms with Crippen LogP contribution in [-0.2, 0) is 46.3 Å². The summed E-state index contributed by atoms with van der Waals surface area (Å²) < 4.78 is 19.1. The van der Waals surface area contributed by atoms with Crippen LogP contribution in [0.4, 0.5) is 0 Å². The zero-order valence-electron chi connectivity index (χ0n) is 6.49. The Balaban J connectivity index is 0. The van der Waals surface area contributed by atoms with Gasteiger partial charge in [-0.25, -0.2) is 0 Å². The molecule has 0 heterocycles. The molecule has 11 heavy (non-hydrogen) atoms. The molecule has 1 unspecified atom stereocenters. The van der Waals surface area contributed by atoms with E-state index < -0.39 is 7.82 Å². The Hall–Kier alpha value is 1.21. The molecule has 65 valence electrons. The largest absolute Gasteiger partial charge is 0.756 e. The minimum absolute atomic E-state index is 0. The third-order valence-corrected chi connectivity index (χ3v) is 1.70. The van der Waals surface area contributed by atoms with Crippen molar-refractivity contribution < 1.29 is 51.2 Å². The molecule has 0 bridgehead atoms. The van der Waals surface area contributed by atoms with Crippen LogP contribution < -0.4 is 4.89 Å². The molecule has 1 atom stereocenters. The van der Waals surface area contributed by atoms with Crippen molar-refractivity contribution in [3.05, 3.63) is 6.92 Å². The predicted octanol–water partition coefficient (Wildman–Crippen LogP) is 0.730. The van der Waals surface area contributed by atoms with Gasteiger partial charge in [-0.3, -0.25) is 4.57 Å². The minimum atomic E-state index is -4.02. The first-order chi connectivity index (χ1) is 4.62. The van der Waals surface area contributed by atoms with E-state index in [2.05, 4.69) is 16.0 Å². The molecule has 0 aliphatic carbocycles. The van der Waals surface area contributed by atoms with Crippen LogP contribution in [0.3, 0.4) is 0 Å². The van der Waals surface area contributed by atoms with Crippen molar-refractivity contribution in [3.8, 4) is 0 Å². The van der Waals surface area contributed by atoms with E-state index in [1.54, 1.807) is 0 Å². The van der Waals surface area contributed by atoms with Gasteiger partial charge in [-0.15, -0.1) is 0 Å². The van der Waals surface area contributed by atoms with Crippen LogP contribution in [0.1, 0.15) is 13.3 Å². The molecule has 0 saturated carbocycles. The van der Waals surface area contributed by atoms with Gasteiger partial charge in [0.1, 0.15) is 0 Å². The first kappa shape index (κ1) is 14.7. The van der Waals surface area contributed by atoms with Crippen LogP contribution in [0.5, 0.6) is 0 Å². The molecule has 4 nitrogen and oxygen atoms in total. The van der Waals surface area contributed by atoms with Crippen molar-refractivity contribution in [1.82, 2.24) is 0 Å². The second-order valence-electron chi connectivity index (χ2n) is 1.61. The monoisotopic (exact) mass is 255 g/mol. The average molecular weight is 255 g/mol. The van der Waals surface area contributed by atoms with Crippen LogP contribution in [0.15, 0.2) is 0 Å². The van der Waals surface area contributed by atoms with E-state index in [0.717, 1.165) is 0 Å². The standard InChI is InChI=1S/C5H12O4P.Y/c1-3-5-9-10(6,7)8-4-2;/h2-5H2,1H3,(H,6,7);/q-1;/p-1. The smallest absolute Gasteiger partial charge is 0.265 e. The summed E-state index contributed by atoms with van der Waals surface area (Å²) in [6.45, 7) is 5.06. The molecule has 1 radical (unpaired) electrons. The van der Waals surface area contributed by atoms with E-state index in [9.17, 15) is 9.46 Å². The summed E-state index contributed by atoms with van der Waals surface area (Å²) >= 11 is 0. The van der Waals surface area contributed by atoms with Gasteiger partial charge in [0.15, 0.2) is 0 Å². The number of phosphoric ester groups is 1. The fraction of sp³-hybridized carbons (Fsp3) is 0.800. The van der Waals surface area contributed by atoms with Gasteiger partial charge in [-0.2, -0.15) is 0 Å². The second-order valence-corrected chi connectivity index (χ2v) is 3.02. The molecule has 0 aromatic carbocycles. The molecule has 0 fully saturated rings. The van der Waals surface area contributed by atoms with Crippen LogP contribution >= 0.6 is 7.82 Å². The van der Waals surface area contributed by atoms with E-state index in [-0.39, 0.29) is 45.9 Å². The molecule has 6 heteroatoms. The second kappa shape index (κ2) is 7.84. The maximum absolute atomic E-state index is 10.5. The van der Waals surface area contributed by atoms with Crippen molar-refractivity contribution in [2.24, 2.45) is 0 Å². The summed E-state index contributed by atoms with van der Waals surface area (Å²) in [6, 6.07) is 0. The van der Waals surface area contributed by atoms with Gasteiger partial charge in [0, 0.05) is 32.7 Å². The molecule has 0 rings (SSSR count). The van der Waals surface area contributed by atoms with Gasteiger partial charge in [0.2, 0.25) is 0 Å². The van der Waals surface area contributed by atoms with Crippen LogP contribution in [-0.4, -0.2) is 13.2 Å². The van der Waals surface area contributed by atoms with E-state index in [0.29, 0.717) is 6.42 Å². The zero-order chi connectivity index (χ0) is 8.04. The average Bonchev–Trinajstić information content (AvgIpc) is 1.84. The summed E-state index contributed by atoms with van der Waals surface area (Å²) in [4.78, 5) is 10.5. The summed E-state index contributed by atoms with van der Waals surface area (Å²) in [5.41, 5.74) is 0. The maximum atomic E-state index is 10.5. The van der Waals surface area contributed by atoms with Crippen LogP contribution in [0.2, 0.25) is 0 Å². The van der Waals surface area contributed by atoms with Gasteiger partial charge in [-0.1, -0.05) is 13.5 Å². The quantitative estimate of drug-likeness (QED) is 0.536. The van der Waals surface area contributed by atoms with Crippen LogP contribution in [0, 0.1) is 6.92 Å². The van der Waals surface area contributed by atoms with Crippen molar-refractivity contribution in [1.29, 1.82) is 0 Å².